The number of aryl methyl sites for hydroxylation is 2. The molecular formula is C20H21NO3. The Morgan fingerprint density at radius 3 is 2.42 bits per heavy atom. The van der Waals surface area contributed by atoms with Gasteiger partial charge in [0.1, 0.15) is 0 Å². The van der Waals surface area contributed by atoms with E-state index in [4.69, 9.17) is 4.74 Å². The topological polar surface area (TPSA) is 55.4 Å². The second kappa shape index (κ2) is 6.87. The first-order valence-electron chi connectivity index (χ1n) is 8.18. The first-order chi connectivity index (χ1) is 11.5. The van der Waals surface area contributed by atoms with Crippen molar-refractivity contribution in [2.24, 2.45) is 0 Å². The van der Waals surface area contributed by atoms with Crippen molar-refractivity contribution >= 4 is 11.9 Å². The molecule has 24 heavy (non-hydrogen) atoms. The fourth-order valence-electron chi connectivity index (χ4n) is 2.62. The predicted molar refractivity (Wildman–Crippen MR) is 91.7 cm³/mol. The third-order valence-corrected chi connectivity index (χ3v) is 4.09. The molecule has 0 unspecified atom stereocenters. The zero-order valence-corrected chi connectivity index (χ0v) is 13.9. The molecule has 124 valence electrons. The Kier molecular flexibility index (Phi) is 4.65. The van der Waals surface area contributed by atoms with Crippen molar-refractivity contribution in [3.63, 3.8) is 0 Å². The number of carbonyl (C=O) groups is 2. The summed E-state index contributed by atoms with van der Waals surface area (Å²) in [7, 11) is 0. The highest BCUT2D eigenvalue weighted by atomic mass is 16.5. The number of hydrogen-bond donors (Lipinski definition) is 1. The summed E-state index contributed by atoms with van der Waals surface area (Å²) in [4.78, 5) is 25.1. The highest BCUT2D eigenvalue weighted by Gasteiger charge is 2.31. The zero-order chi connectivity index (χ0) is 17.1. The van der Waals surface area contributed by atoms with Gasteiger partial charge in [0.15, 0.2) is 0 Å². The largest absolute Gasteiger partial charge is 0.444 e. The molecule has 0 aliphatic heterocycles. The molecule has 0 aromatic heterocycles. The van der Waals surface area contributed by atoms with Crippen LogP contribution >= 0.6 is 0 Å². The summed E-state index contributed by atoms with van der Waals surface area (Å²) >= 11 is 0. The minimum absolute atomic E-state index is 0.212. The SMILES string of the molecule is Cc1ccc(C(=O)O[C@@H](C(=O)NC2CC2)c2ccccc2)c(C)c1. The number of rotatable bonds is 5. The molecule has 3 rings (SSSR count). The lowest BCUT2D eigenvalue weighted by molar-refractivity contribution is -0.130. The van der Waals surface area contributed by atoms with E-state index < -0.39 is 12.1 Å². The van der Waals surface area contributed by atoms with Crippen molar-refractivity contribution in [3.05, 3.63) is 70.8 Å². The number of benzene rings is 2. The maximum Gasteiger partial charge on any atom is 0.339 e. The van der Waals surface area contributed by atoms with Crippen LogP contribution in [-0.2, 0) is 9.53 Å². The van der Waals surface area contributed by atoms with E-state index in [0.717, 1.165) is 24.0 Å². The molecule has 0 bridgehead atoms. The van der Waals surface area contributed by atoms with Gasteiger partial charge in [0.25, 0.3) is 5.91 Å². The molecule has 2 aromatic carbocycles. The lowest BCUT2D eigenvalue weighted by Crippen LogP contribution is -2.33. The highest BCUT2D eigenvalue weighted by molar-refractivity contribution is 5.94. The minimum atomic E-state index is -0.931. The molecule has 1 aliphatic rings. The minimum Gasteiger partial charge on any atom is -0.444 e. The molecule has 4 heteroatoms. The van der Waals surface area contributed by atoms with Crippen molar-refractivity contribution in [2.75, 3.05) is 0 Å². The van der Waals surface area contributed by atoms with Gasteiger partial charge in [-0.25, -0.2) is 4.79 Å². The van der Waals surface area contributed by atoms with Gasteiger partial charge in [-0.2, -0.15) is 0 Å². The van der Waals surface area contributed by atoms with Crippen LogP contribution in [0.3, 0.4) is 0 Å². The van der Waals surface area contributed by atoms with Crippen molar-refractivity contribution in [1.29, 1.82) is 0 Å². The van der Waals surface area contributed by atoms with Crippen molar-refractivity contribution < 1.29 is 14.3 Å². The van der Waals surface area contributed by atoms with Gasteiger partial charge < -0.3 is 10.1 Å². The van der Waals surface area contributed by atoms with E-state index in [-0.39, 0.29) is 11.9 Å². The highest BCUT2D eigenvalue weighted by Crippen LogP contribution is 2.24. The van der Waals surface area contributed by atoms with Gasteiger partial charge in [-0.05, 0) is 38.3 Å². The van der Waals surface area contributed by atoms with Gasteiger partial charge in [0.05, 0.1) is 5.56 Å². The predicted octanol–water partition coefficient (Wildman–Crippen LogP) is 3.48. The summed E-state index contributed by atoms with van der Waals surface area (Å²) in [6.07, 6.45) is 1.04. The van der Waals surface area contributed by atoms with Crippen LogP contribution in [0.15, 0.2) is 48.5 Å². The van der Waals surface area contributed by atoms with E-state index in [1.165, 1.54) is 0 Å². The number of carbonyl (C=O) groups excluding carboxylic acids is 2. The summed E-state index contributed by atoms with van der Waals surface area (Å²) in [5.41, 5.74) is 3.08. The van der Waals surface area contributed by atoms with Gasteiger partial charge in [-0.3, -0.25) is 4.79 Å². The Morgan fingerprint density at radius 1 is 1.08 bits per heavy atom. The Balaban J connectivity index is 1.82. The third-order valence-electron chi connectivity index (χ3n) is 4.09. The van der Waals surface area contributed by atoms with E-state index >= 15 is 0 Å². The first kappa shape index (κ1) is 16.2. The maximum atomic E-state index is 12.6. The lowest BCUT2D eigenvalue weighted by atomic mass is 10.1. The average Bonchev–Trinajstić information content (AvgIpc) is 3.37. The monoisotopic (exact) mass is 323 g/mol. The van der Waals surface area contributed by atoms with E-state index in [1.54, 1.807) is 18.2 Å². The maximum absolute atomic E-state index is 12.6. The number of nitrogens with one attached hydrogen (secondary N) is 1. The summed E-state index contributed by atoms with van der Waals surface area (Å²) in [6, 6.07) is 14.9. The smallest absolute Gasteiger partial charge is 0.339 e. The van der Waals surface area contributed by atoms with E-state index in [9.17, 15) is 9.59 Å². The quantitative estimate of drug-likeness (QED) is 0.857. The van der Waals surface area contributed by atoms with E-state index in [1.807, 2.05) is 44.2 Å². The van der Waals surface area contributed by atoms with Gasteiger partial charge in [-0.1, -0.05) is 48.0 Å². The van der Waals surface area contributed by atoms with Gasteiger partial charge in [0, 0.05) is 11.6 Å². The summed E-state index contributed by atoms with van der Waals surface area (Å²) in [6.45, 7) is 3.84. The third kappa shape index (κ3) is 3.82. The van der Waals surface area contributed by atoms with Crippen LogP contribution in [0.2, 0.25) is 0 Å². The molecule has 2 aromatic rings. The molecular weight excluding hydrogens is 302 g/mol. The molecule has 1 aliphatic carbocycles. The van der Waals surface area contributed by atoms with E-state index in [2.05, 4.69) is 5.32 Å². The Morgan fingerprint density at radius 2 is 1.79 bits per heavy atom. The second-order valence-electron chi connectivity index (χ2n) is 6.30. The van der Waals surface area contributed by atoms with Crippen LogP contribution in [0.25, 0.3) is 0 Å². The van der Waals surface area contributed by atoms with Crippen LogP contribution in [0, 0.1) is 13.8 Å². The Bertz CT molecular complexity index is 751. The standard InChI is InChI=1S/C20H21NO3/c1-13-8-11-17(14(2)12-13)20(23)24-18(15-6-4-3-5-7-15)19(22)21-16-9-10-16/h3-8,11-12,16,18H,9-10H2,1-2H3,(H,21,22)/t18-/m1/s1. The van der Waals surface area contributed by atoms with Gasteiger partial charge in [-0.15, -0.1) is 0 Å². The van der Waals surface area contributed by atoms with Crippen molar-refractivity contribution in [3.8, 4) is 0 Å². The molecule has 1 amide bonds. The van der Waals surface area contributed by atoms with Gasteiger partial charge in [0.2, 0.25) is 6.10 Å². The number of ether oxygens (including phenoxy) is 1. The molecule has 0 spiro atoms. The Labute approximate surface area is 141 Å². The van der Waals surface area contributed by atoms with Crippen molar-refractivity contribution in [1.82, 2.24) is 5.32 Å². The van der Waals surface area contributed by atoms with Gasteiger partial charge >= 0.3 is 5.97 Å². The molecule has 0 radical (unpaired) electrons. The molecule has 1 N–H and O–H groups in total. The van der Waals surface area contributed by atoms with E-state index in [0.29, 0.717) is 11.1 Å². The summed E-state index contributed by atoms with van der Waals surface area (Å²) < 4.78 is 5.58. The van der Waals surface area contributed by atoms with Crippen LogP contribution in [-0.4, -0.2) is 17.9 Å². The summed E-state index contributed by atoms with van der Waals surface area (Å²) in [5.74, 6) is -0.742. The lowest BCUT2D eigenvalue weighted by Gasteiger charge is -2.18. The molecule has 1 saturated carbocycles. The van der Waals surface area contributed by atoms with Crippen molar-refractivity contribution in [2.45, 2.75) is 38.8 Å². The fraction of sp³-hybridized carbons (Fsp3) is 0.300. The number of esters is 1. The summed E-state index contributed by atoms with van der Waals surface area (Å²) in [5, 5.41) is 2.92. The molecule has 1 atom stereocenters. The molecule has 0 saturated heterocycles. The number of hydrogen-bond acceptors (Lipinski definition) is 3. The number of amides is 1. The Hall–Kier alpha value is -2.62. The van der Waals surface area contributed by atoms with Crippen LogP contribution in [0.1, 0.15) is 46.0 Å². The van der Waals surface area contributed by atoms with Crippen LogP contribution in [0.4, 0.5) is 0 Å². The second-order valence-corrected chi connectivity index (χ2v) is 6.30. The van der Waals surface area contributed by atoms with Crippen LogP contribution in [0.5, 0.6) is 0 Å². The normalized spacial score (nSPS) is 14.8. The molecule has 0 heterocycles. The first-order valence-corrected chi connectivity index (χ1v) is 8.18. The zero-order valence-electron chi connectivity index (χ0n) is 13.9. The molecule has 4 nitrogen and oxygen atoms in total. The molecule has 1 fully saturated rings. The van der Waals surface area contributed by atoms with Crippen LogP contribution < -0.4 is 5.32 Å². The average molecular weight is 323 g/mol. The fourth-order valence-corrected chi connectivity index (χ4v) is 2.62.